The molecule has 1 amide bonds. The fourth-order valence-corrected chi connectivity index (χ4v) is 4.10. The van der Waals surface area contributed by atoms with Crippen LogP contribution in [0, 0.1) is 13.8 Å². The number of aryl methyl sites for hydroxylation is 1. The van der Waals surface area contributed by atoms with Gasteiger partial charge in [0.2, 0.25) is 0 Å². The summed E-state index contributed by atoms with van der Waals surface area (Å²) in [4.78, 5) is 22.0. The molecule has 0 aliphatic heterocycles. The monoisotopic (exact) mass is 434 g/mol. The van der Waals surface area contributed by atoms with E-state index in [1.54, 1.807) is 10.9 Å². The van der Waals surface area contributed by atoms with Crippen molar-refractivity contribution in [1.29, 1.82) is 0 Å². The Hall–Kier alpha value is -3.59. The van der Waals surface area contributed by atoms with Crippen LogP contribution in [0.5, 0.6) is 5.75 Å². The number of benzene rings is 1. The number of nitrogens with one attached hydrogen (secondary N) is 1. The number of rotatable bonds is 7. The minimum atomic E-state index is -0.177. The van der Waals surface area contributed by atoms with Crippen molar-refractivity contribution in [3.05, 3.63) is 70.6 Å². The van der Waals surface area contributed by atoms with Gasteiger partial charge >= 0.3 is 0 Å². The minimum Gasteiger partial charge on any atom is -0.494 e. The zero-order chi connectivity index (χ0) is 21.8. The van der Waals surface area contributed by atoms with E-state index in [0.717, 1.165) is 22.8 Å². The van der Waals surface area contributed by atoms with E-state index in [-0.39, 0.29) is 5.91 Å². The third-order valence-electron chi connectivity index (χ3n) is 4.65. The normalized spacial score (nSPS) is 10.8. The Kier molecular flexibility index (Phi) is 6.03. The Labute approximate surface area is 183 Å². The zero-order valence-corrected chi connectivity index (χ0v) is 18.3. The highest BCUT2D eigenvalue weighted by molar-refractivity contribution is 7.17. The van der Waals surface area contributed by atoms with Gasteiger partial charge in [0.1, 0.15) is 21.3 Å². The number of amides is 1. The number of hydrogen-bond acceptors (Lipinski definition) is 7. The molecule has 9 heteroatoms. The van der Waals surface area contributed by atoms with Crippen molar-refractivity contribution in [2.24, 2.45) is 0 Å². The van der Waals surface area contributed by atoms with E-state index in [2.05, 4.69) is 25.6 Å². The molecule has 0 saturated heterocycles. The molecule has 0 atom stereocenters. The van der Waals surface area contributed by atoms with Crippen LogP contribution < -0.4 is 10.1 Å². The summed E-state index contributed by atoms with van der Waals surface area (Å²) in [6, 6.07) is 13.3. The molecule has 0 spiro atoms. The molecule has 3 heterocycles. The van der Waals surface area contributed by atoms with Crippen LogP contribution in [0.3, 0.4) is 0 Å². The molecule has 0 saturated carbocycles. The van der Waals surface area contributed by atoms with E-state index >= 15 is 0 Å². The summed E-state index contributed by atoms with van der Waals surface area (Å²) in [7, 11) is 0. The van der Waals surface area contributed by atoms with Gasteiger partial charge in [0.25, 0.3) is 5.91 Å². The Morgan fingerprint density at radius 1 is 1.16 bits per heavy atom. The van der Waals surface area contributed by atoms with Crippen LogP contribution in [0.25, 0.3) is 16.4 Å². The summed E-state index contributed by atoms with van der Waals surface area (Å²) in [5, 5.41) is 12.2. The van der Waals surface area contributed by atoms with Crippen molar-refractivity contribution >= 4 is 17.2 Å². The van der Waals surface area contributed by atoms with Crippen LogP contribution in [0.2, 0.25) is 0 Å². The number of pyridine rings is 1. The lowest BCUT2D eigenvalue weighted by atomic mass is 10.3. The lowest BCUT2D eigenvalue weighted by molar-refractivity contribution is 0.0953. The fraction of sp³-hybridized carbons (Fsp3) is 0.227. The SMILES string of the molecule is CCOc1ccc(-n2nnc(-c3nc(C)c(C(=O)NCc4ccccn4)s3)c2C)cc1. The van der Waals surface area contributed by atoms with Crippen molar-refractivity contribution in [3.63, 3.8) is 0 Å². The van der Waals surface area contributed by atoms with Gasteiger partial charge in [0.05, 0.1) is 35.9 Å². The quantitative estimate of drug-likeness (QED) is 0.476. The van der Waals surface area contributed by atoms with Crippen molar-refractivity contribution in [3.8, 4) is 22.1 Å². The van der Waals surface area contributed by atoms with Gasteiger partial charge in [0, 0.05) is 6.20 Å². The first-order valence-electron chi connectivity index (χ1n) is 9.88. The van der Waals surface area contributed by atoms with Crippen LogP contribution in [0.4, 0.5) is 0 Å². The number of carbonyl (C=O) groups excluding carboxylic acids is 1. The van der Waals surface area contributed by atoms with Gasteiger partial charge in [-0.1, -0.05) is 11.3 Å². The van der Waals surface area contributed by atoms with E-state index in [1.165, 1.54) is 11.3 Å². The maximum atomic E-state index is 12.7. The standard InChI is InChI=1S/C22H22N6O2S/c1-4-30-18-10-8-17(9-11-18)28-15(3)19(26-27-28)22-25-14(2)20(31-22)21(29)24-13-16-7-5-6-12-23-16/h5-12H,4,13H2,1-3H3,(H,24,29). The average molecular weight is 435 g/mol. The molecule has 0 radical (unpaired) electrons. The lowest BCUT2D eigenvalue weighted by Gasteiger charge is -2.06. The van der Waals surface area contributed by atoms with Crippen molar-refractivity contribution in [2.75, 3.05) is 6.61 Å². The van der Waals surface area contributed by atoms with Crippen LogP contribution >= 0.6 is 11.3 Å². The summed E-state index contributed by atoms with van der Waals surface area (Å²) >= 11 is 1.31. The zero-order valence-electron chi connectivity index (χ0n) is 17.5. The average Bonchev–Trinajstić information content (AvgIpc) is 3.36. The van der Waals surface area contributed by atoms with Crippen LogP contribution in [0.1, 0.15) is 33.7 Å². The molecule has 1 N–H and O–H groups in total. The van der Waals surface area contributed by atoms with Crippen LogP contribution in [-0.4, -0.2) is 37.5 Å². The second kappa shape index (κ2) is 9.05. The van der Waals surface area contributed by atoms with Crippen molar-refractivity contribution < 1.29 is 9.53 Å². The summed E-state index contributed by atoms with van der Waals surface area (Å²) < 4.78 is 7.25. The van der Waals surface area contributed by atoms with Gasteiger partial charge in [-0.25, -0.2) is 9.67 Å². The fourth-order valence-electron chi connectivity index (χ4n) is 3.08. The molecule has 158 valence electrons. The number of ether oxygens (including phenoxy) is 1. The third-order valence-corrected chi connectivity index (χ3v) is 5.81. The van der Waals surface area contributed by atoms with Gasteiger partial charge in [-0.2, -0.15) is 0 Å². The van der Waals surface area contributed by atoms with E-state index in [4.69, 9.17) is 4.74 Å². The summed E-state index contributed by atoms with van der Waals surface area (Å²) in [5.74, 6) is 0.629. The molecule has 3 aromatic heterocycles. The predicted molar refractivity (Wildman–Crippen MR) is 119 cm³/mol. The molecule has 4 aromatic rings. The molecule has 1 aromatic carbocycles. The maximum Gasteiger partial charge on any atom is 0.263 e. The molecule has 0 fully saturated rings. The predicted octanol–water partition coefficient (Wildman–Crippen LogP) is 3.73. The second-order valence-electron chi connectivity index (χ2n) is 6.80. The van der Waals surface area contributed by atoms with Crippen LogP contribution in [-0.2, 0) is 6.54 Å². The van der Waals surface area contributed by atoms with Gasteiger partial charge in [0.15, 0.2) is 0 Å². The topological polar surface area (TPSA) is 94.8 Å². The molecule has 0 unspecified atom stereocenters. The Morgan fingerprint density at radius 2 is 1.97 bits per heavy atom. The summed E-state index contributed by atoms with van der Waals surface area (Å²) in [5.41, 5.74) is 3.84. The van der Waals surface area contributed by atoms with E-state index < -0.39 is 0 Å². The van der Waals surface area contributed by atoms with E-state index in [9.17, 15) is 4.79 Å². The molecular weight excluding hydrogens is 412 g/mol. The maximum absolute atomic E-state index is 12.7. The minimum absolute atomic E-state index is 0.177. The highest BCUT2D eigenvalue weighted by Crippen LogP contribution is 2.29. The molecule has 4 rings (SSSR count). The van der Waals surface area contributed by atoms with Crippen molar-refractivity contribution in [2.45, 2.75) is 27.3 Å². The molecule has 0 aliphatic carbocycles. The Bertz CT molecular complexity index is 1180. The Morgan fingerprint density at radius 3 is 2.68 bits per heavy atom. The lowest BCUT2D eigenvalue weighted by Crippen LogP contribution is -2.23. The van der Waals surface area contributed by atoms with E-state index in [0.29, 0.717) is 34.4 Å². The number of nitrogens with zero attached hydrogens (tertiary/aromatic N) is 5. The number of aromatic nitrogens is 5. The molecule has 0 aliphatic rings. The first-order chi connectivity index (χ1) is 15.1. The summed E-state index contributed by atoms with van der Waals surface area (Å²) in [6.07, 6.45) is 1.70. The van der Waals surface area contributed by atoms with Crippen molar-refractivity contribution in [1.82, 2.24) is 30.3 Å². The first-order valence-corrected chi connectivity index (χ1v) is 10.7. The highest BCUT2D eigenvalue weighted by Gasteiger charge is 2.20. The number of thiazole rings is 1. The summed E-state index contributed by atoms with van der Waals surface area (Å²) in [6.45, 7) is 6.68. The van der Waals surface area contributed by atoms with Gasteiger partial charge in [-0.15, -0.1) is 16.4 Å². The smallest absolute Gasteiger partial charge is 0.263 e. The number of hydrogen-bond donors (Lipinski definition) is 1. The first kappa shape index (κ1) is 20.7. The highest BCUT2D eigenvalue weighted by atomic mass is 32.1. The second-order valence-corrected chi connectivity index (χ2v) is 7.80. The Balaban J connectivity index is 1.53. The van der Waals surface area contributed by atoms with Crippen LogP contribution in [0.15, 0.2) is 48.7 Å². The number of carbonyl (C=O) groups is 1. The molecule has 31 heavy (non-hydrogen) atoms. The van der Waals surface area contributed by atoms with Gasteiger partial charge < -0.3 is 10.1 Å². The van der Waals surface area contributed by atoms with Gasteiger partial charge in [-0.05, 0) is 57.2 Å². The van der Waals surface area contributed by atoms with Gasteiger partial charge in [-0.3, -0.25) is 9.78 Å². The third kappa shape index (κ3) is 4.46. The molecule has 8 nitrogen and oxygen atoms in total. The van der Waals surface area contributed by atoms with E-state index in [1.807, 2.05) is 63.2 Å². The molecule has 0 bridgehead atoms. The molecular formula is C22H22N6O2S. The largest absolute Gasteiger partial charge is 0.494 e.